The molecule has 1 aliphatic heterocycles. The zero-order valence-corrected chi connectivity index (χ0v) is 7.87. The highest BCUT2D eigenvalue weighted by atomic mass is 127. The van der Waals surface area contributed by atoms with Gasteiger partial charge in [0.2, 0.25) is 0 Å². The zero-order valence-electron chi connectivity index (χ0n) is 5.71. The van der Waals surface area contributed by atoms with Gasteiger partial charge in [-0.3, -0.25) is 0 Å². The largest absolute Gasteiger partial charge is 0.319 e. The molecule has 0 unspecified atom stereocenters. The Balaban J connectivity index is 2.62. The molecule has 0 radical (unpaired) electrons. The SMILES string of the molecule is CC1=Cc2cccn2C=I1. The lowest BCUT2D eigenvalue weighted by Crippen LogP contribution is -1.95. The third kappa shape index (κ3) is 0.963. The van der Waals surface area contributed by atoms with Crippen molar-refractivity contribution in [2.75, 3.05) is 0 Å². The minimum absolute atomic E-state index is 0.188. The molecule has 1 nitrogen and oxygen atoms in total. The Bertz CT molecular complexity index is 307. The minimum Gasteiger partial charge on any atom is -0.319 e. The van der Waals surface area contributed by atoms with E-state index in [-0.39, 0.29) is 20.7 Å². The Morgan fingerprint density at radius 2 is 2.40 bits per heavy atom. The molecule has 0 bridgehead atoms. The highest BCUT2D eigenvalue weighted by molar-refractivity contribution is 14.2. The number of hydrogen-bond acceptors (Lipinski definition) is 0. The van der Waals surface area contributed by atoms with Crippen LogP contribution in [0.4, 0.5) is 0 Å². The smallest absolute Gasteiger partial charge is 0.0461 e. The number of fused-ring (bicyclic) bond motifs is 1. The first kappa shape index (κ1) is 6.34. The summed E-state index contributed by atoms with van der Waals surface area (Å²) in [6.07, 6.45) is 4.38. The lowest BCUT2D eigenvalue weighted by atomic mass is 10.4. The molecule has 0 aromatic carbocycles. The average Bonchev–Trinajstić information content (AvgIpc) is 2.33. The predicted molar refractivity (Wildman–Crippen MR) is 53.6 cm³/mol. The van der Waals surface area contributed by atoms with E-state index >= 15 is 0 Å². The van der Waals surface area contributed by atoms with Gasteiger partial charge in [-0.1, -0.05) is 20.7 Å². The zero-order chi connectivity index (χ0) is 6.97. The first-order valence-corrected chi connectivity index (χ1v) is 5.50. The molecule has 0 saturated heterocycles. The molecule has 0 spiro atoms. The Kier molecular flexibility index (Phi) is 1.48. The Labute approximate surface area is 70.1 Å². The normalized spacial score (nSPS) is 15.5. The van der Waals surface area contributed by atoms with E-state index in [1.807, 2.05) is 0 Å². The Morgan fingerprint density at radius 1 is 1.50 bits per heavy atom. The summed E-state index contributed by atoms with van der Waals surface area (Å²) in [5.74, 6) is 0. The summed E-state index contributed by atoms with van der Waals surface area (Å²) in [6.45, 7) is 2.21. The summed E-state index contributed by atoms with van der Waals surface area (Å²) in [6, 6.07) is 4.23. The van der Waals surface area contributed by atoms with E-state index in [1.54, 1.807) is 3.58 Å². The van der Waals surface area contributed by atoms with E-state index in [9.17, 15) is 0 Å². The third-order valence-corrected chi connectivity index (χ3v) is 3.66. The number of nitrogens with zero attached hydrogens (tertiary/aromatic N) is 1. The van der Waals surface area contributed by atoms with E-state index in [2.05, 4.69) is 40.0 Å². The van der Waals surface area contributed by atoms with Crippen LogP contribution in [-0.2, 0) is 0 Å². The van der Waals surface area contributed by atoms with E-state index in [4.69, 9.17) is 0 Å². The number of hydrogen-bond donors (Lipinski definition) is 0. The van der Waals surface area contributed by atoms with Crippen molar-refractivity contribution >= 4 is 30.9 Å². The van der Waals surface area contributed by atoms with Crippen molar-refractivity contribution in [2.24, 2.45) is 0 Å². The van der Waals surface area contributed by atoms with Crippen LogP contribution in [0, 0.1) is 0 Å². The van der Waals surface area contributed by atoms with Gasteiger partial charge in [0.1, 0.15) is 0 Å². The minimum atomic E-state index is 0.188. The molecule has 0 atom stereocenters. The fourth-order valence-corrected chi connectivity index (χ4v) is 2.73. The molecule has 0 N–H and O–H groups in total. The molecule has 10 heavy (non-hydrogen) atoms. The van der Waals surface area contributed by atoms with Gasteiger partial charge in [-0.15, -0.1) is 0 Å². The molecule has 0 aliphatic carbocycles. The fraction of sp³-hybridized carbons (Fsp3) is 0.125. The third-order valence-electron chi connectivity index (χ3n) is 1.48. The van der Waals surface area contributed by atoms with Gasteiger partial charge < -0.3 is 4.57 Å². The van der Waals surface area contributed by atoms with Crippen molar-refractivity contribution in [3.8, 4) is 0 Å². The monoisotopic (exact) mass is 245 g/mol. The molecule has 2 heteroatoms. The molecule has 2 heterocycles. The van der Waals surface area contributed by atoms with Gasteiger partial charge in [-0.05, 0) is 28.7 Å². The average molecular weight is 245 g/mol. The molecule has 52 valence electrons. The summed E-state index contributed by atoms with van der Waals surface area (Å²) in [5.41, 5.74) is 1.32. The van der Waals surface area contributed by atoms with Gasteiger partial charge in [0.15, 0.2) is 0 Å². The molecule has 2 rings (SSSR count). The van der Waals surface area contributed by atoms with Crippen LogP contribution in [0.1, 0.15) is 12.6 Å². The fourth-order valence-electron chi connectivity index (χ4n) is 0.983. The van der Waals surface area contributed by atoms with Crippen LogP contribution in [-0.4, -0.2) is 8.70 Å². The van der Waals surface area contributed by atoms with E-state index in [0.717, 1.165) is 0 Å². The molecule has 0 fully saturated rings. The second-order valence-corrected chi connectivity index (χ2v) is 5.16. The molecular formula is C8H8IN. The maximum absolute atomic E-state index is 2.31. The second kappa shape index (κ2) is 2.34. The quantitative estimate of drug-likeness (QED) is 0.618. The number of allylic oxidation sites excluding steroid dienone is 1. The summed E-state index contributed by atoms with van der Waals surface area (Å²) < 4.78 is 6.06. The van der Waals surface area contributed by atoms with Gasteiger partial charge in [-0.25, -0.2) is 0 Å². The number of aromatic nitrogens is 1. The first-order valence-electron chi connectivity index (χ1n) is 3.18. The number of halogens is 1. The first-order chi connectivity index (χ1) is 4.86. The molecular weight excluding hydrogens is 237 g/mol. The van der Waals surface area contributed by atoms with Crippen LogP contribution in [0.15, 0.2) is 21.9 Å². The molecule has 0 saturated carbocycles. The van der Waals surface area contributed by atoms with Crippen molar-refractivity contribution in [1.82, 2.24) is 4.57 Å². The summed E-state index contributed by atoms with van der Waals surface area (Å²) in [7, 11) is 0. The van der Waals surface area contributed by atoms with Gasteiger partial charge in [-0.2, -0.15) is 0 Å². The molecule has 0 amide bonds. The second-order valence-electron chi connectivity index (χ2n) is 2.28. The van der Waals surface area contributed by atoms with E-state index in [1.165, 1.54) is 5.69 Å². The lowest BCUT2D eigenvalue weighted by molar-refractivity contribution is 1.20. The van der Waals surface area contributed by atoms with Crippen LogP contribution >= 0.6 is 20.7 Å². The van der Waals surface area contributed by atoms with Crippen molar-refractivity contribution in [1.29, 1.82) is 0 Å². The topological polar surface area (TPSA) is 4.93 Å². The lowest BCUT2D eigenvalue weighted by Gasteiger charge is -2.03. The predicted octanol–water partition coefficient (Wildman–Crippen LogP) is 2.44. The Morgan fingerprint density at radius 3 is 3.30 bits per heavy atom. The van der Waals surface area contributed by atoms with Crippen LogP contribution in [0.5, 0.6) is 0 Å². The summed E-state index contributed by atoms with van der Waals surface area (Å²) in [5, 5.41) is 0. The van der Waals surface area contributed by atoms with E-state index < -0.39 is 0 Å². The molecule has 1 aromatic rings. The molecule has 1 aliphatic rings. The molecule has 1 aromatic heterocycles. The Hall–Kier alpha value is -0.380. The summed E-state index contributed by atoms with van der Waals surface area (Å²) >= 11 is 0.188. The van der Waals surface area contributed by atoms with Gasteiger partial charge in [0.25, 0.3) is 0 Å². The highest BCUT2D eigenvalue weighted by Crippen LogP contribution is 2.21. The van der Waals surface area contributed by atoms with Crippen LogP contribution in [0.2, 0.25) is 0 Å². The van der Waals surface area contributed by atoms with Gasteiger partial charge >= 0.3 is 0 Å². The van der Waals surface area contributed by atoms with Crippen molar-refractivity contribution < 1.29 is 0 Å². The van der Waals surface area contributed by atoms with Gasteiger partial charge in [0.05, 0.1) is 0 Å². The van der Waals surface area contributed by atoms with E-state index in [0.29, 0.717) is 0 Å². The van der Waals surface area contributed by atoms with Crippen LogP contribution in [0.25, 0.3) is 6.08 Å². The van der Waals surface area contributed by atoms with Crippen molar-refractivity contribution in [3.05, 3.63) is 27.6 Å². The van der Waals surface area contributed by atoms with Crippen LogP contribution in [0.3, 0.4) is 0 Å². The van der Waals surface area contributed by atoms with Crippen LogP contribution < -0.4 is 0 Å². The highest BCUT2D eigenvalue weighted by Gasteiger charge is 1.98. The van der Waals surface area contributed by atoms with Crippen molar-refractivity contribution in [3.63, 3.8) is 0 Å². The van der Waals surface area contributed by atoms with Crippen molar-refractivity contribution in [2.45, 2.75) is 6.92 Å². The number of rotatable bonds is 0. The maximum Gasteiger partial charge on any atom is 0.0461 e. The standard InChI is InChI=1S/C8H8IN/c1-7-5-8-3-2-4-10(8)6-9-7/h2-6H,1H3. The summed E-state index contributed by atoms with van der Waals surface area (Å²) in [4.78, 5) is 0. The van der Waals surface area contributed by atoms with Gasteiger partial charge in [0, 0.05) is 16.0 Å². The maximum atomic E-state index is 2.31.